The first-order valence-electron chi connectivity index (χ1n) is 19.4. The Morgan fingerprint density at radius 1 is 0.912 bits per heavy atom. The van der Waals surface area contributed by atoms with E-state index in [0.29, 0.717) is 60.4 Å². The zero-order chi connectivity index (χ0) is 38.9. The first-order valence-corrected chi connectivity index (χ1v) is 19.4. The molecule has 1 unspecified atom stereocenters. The Hall–Kier alpha value is -6.48. The smallest absolute Gasteiger partial charge is 0.261 e. The number of oxazole rings is 1. The van der Waals surface area contributed by atoms with Crippen molar-refractivity contribution < 1.29 is 18.5 Å². The van der Waals surface area contributed by atoms with Crippen LogP contribution < -0.4 is 5.32 Å². The zero-order valence-electron chi connectivity index (χ0n) is 31.9. The molecular formula is C42H43N11O4. The third-order valence-corrected chi connectivity index (χ3v) is 10.9. The molecule has 2 saturated heterocycles. The number of hydrogen-bond acceptors (Lipinski definition) is 11. The molecule has 9 rings (SSSR count). The van der Waals surface area contributed by atoms with Gasteiger partial charge in [-0.2, -0.15) is 5.10 Å². The number of nitrogens with zero attached hydrogens (tertiary/aromatic N) is 10. The number of rotatable bonds is 10. The fourth-order valence-corrected chi connectivity index (χ4v) is 7.99. The summed E-state index contributed by atoms with van der Waals surface area (Å²) < 4.78 is 14.9. The summed E-state index contributed by atoms with van der Waals surface area (Å²) in [5, 5.41) is 20.3. The highest BCUT2D eigenvalue weighted by molar-refractivity contribution is 6.08. The number of carbonyl (C=O) groups excluding carboxylic acids is 2. The topological polar surface area (TPSA) is 166 Å². The van der Waals surface area contributed by atoms with E-state index in [2.05, 4.69) is 35.8 Å². The molecule has 0 saturated carbocycles. The van der Waals surface area contributed by atoms with Crippen molar-refractivity contribution in [1.29, 1.82) is 0 Å². The maximum Gasteiger partial charge on any atom is 0.261 e. The average molecular weight is 766 g/mol. The van der Waals surface area contributed by atoms with Crippen molar-refractivity contribution in [3.8, 4) is 22.7 Å². The van der Waals surface area contributed by atoms with Gasteiger partial charge in [0.05, 0.1) is 29.7 Å². The minimum atomic E-state index is -0.281. The molecule has 290 valence electrons. The highest BCUT2D eigenvalue weighted by atomic mass is 16.5. The maximum atomic E-state index is 13.7. The highest BCUT2D eigenvalue weighted by Gasteiger charge is 2.33. The Bertz CT molecular complexity index is 2510. The van der Waals surface area contributed by atoms with Crippen LogP contribution in [0.1, 0.15) is 70.5 Å². The van der Waals surface area contributed by atoms with Gasteiger partial charge in [0, 0.05) is 66.4 Å². The molecule has 0 bridgehead atoms. The van der Waals surface area contributed by atoms with Gasteiger partial charge in [0.25, 0.3) is 5.91 Å². The highest BCUT2D eigenvalue weighted by Crippen LogP contribution is 2.30. The molecule has 2 aliphatic heterocycles. The molecule has 7 heterocycles. The standard InChI is InChI=1S/C42H43N11O4/c1-27-19-28(2)53-39(44-27)36(21-43-53)40(54)45-33-12-10-29(11-13-33)38-25-52(49-47-38)24-35-20-37(48-57-35)30-14-17-51(18-15-30)42(55)32-9-6-16-50(22-32)23-34-26-56-41(46-34)31-7-4-3-5-8-31/h3-5,7-8,10-13,19-21,25-26,30,32H,6,9,14-18,22-24H2,1-2H3,(H,45,54). The molecule has 1 N–H and O–H groups in total. The summed E-state index contributed by atoms with van der Waals surface area (Å²) in [5.41, 5.74) is 7.61. The van der Waals surface area contributed by atoms with Gasteiger partial charge >= 0.3 is 0 Å². The Labute approximate surface area is 328 Å². The van der Waals surface area contributed by atoms with Crippen LogP contribution in [0.2, 0.25) is 0 Å². The van der Waals surface area contributed by atoms with Crippen molar-refractivity contribution in [3.05, 3.63) is 119 Å². The molecule has 15 nitrogen and oxygen atoms in total. The number of anilines is 1. The molecule has 2 aromatic carbocycles. The number of carbonyl (C=O) groups is 2. The van der Waals surface area contributed by atoms with Gasteiger partial charge in [-0.1, -0.05) is 40.7 Å². The molecule has 57 heavy (non-hydrogen) atoms. The van der Waals surface area contributed by atoms with Crippen LogP contribution in [0.5, 0.6) is 0 Å². The summed E-state index contributed by atoms with van der Waals surface area (Å²) in [6.45, 7) is 7.97. The number of nitrogens with one attached hydrogen (secondary N) is 1. The van der Waals surface area contributed by atoms with E-state index in [9.17, 15) is 9.59 Å². The lowest BCUT2D eigenvalue weighted by atomic mass is 9.91. The van der Waals surface area contributed by atoms with Crippen LogP contribution in [0.4, 0.5) is 5.69 Å². The van der Waals surface area contributed by atoms with E-state index in [1.54, 1.807) is 15.5 Å². The molecule has 1 atom stereocenters. The first-order chi connectivity index (χ1) is 27.8. The molecule has 0 aliphatic carbocycles. The van der Waals surface area contributed by atoms with Gasteiger partial charge in [0.2, 0.25) is 11.8 Å². The van der Waals surface area contributed by atoms with Crippen LogP contribution in [0.3, 0.4) is 0 Å². The molecule has 0 spiro atoms. The Kier molecular flexibility index (Phi) is 9.88. The van der Waals surface area contributed by atoms with Gasteiger partial charge in [-0.15, -0.1) is 5.10 Å². The third-order valence-electron chi connectivity index (χ3n) is 10.9. The second-order valence-electron chi connectivity index (χ2n) is 15.1. The summed E-state index contributed by atoms with van der Waals surface area (Å²) >= 11 is 0. The van der Waals surface area contributed by atoms with Gasteiger partial charge in [0.1, 0.15) is 24.1 Å². The van der Waals surface area contributed by atoms with Crippen LogP contribution in [0.15, 0.2) is 94.3 Å². The number of aryl methyl sites for hydroxylation is 2. The lowest BCUT2D eigenvalue weighted by Crippen LogP contribution is -2.46. The number of amides is 2. The molecule has 7 aromatic rings. The number of likely N-dealkylation sites (tertiary alicyclic amines) is 2. The van der Waals surface area contributed by atoms with Crippen molar-refractivity contribution >= 4 is 23.1 Å². The molecular weight excluding hydrogens is 723 g/mol. The predicted octanol–water partition coefficient (Wildman–Crippen LogP) is 6.17. The largest absolute Gasteiger partial charge is 0.444 e. The van der Waals surface area contributed by atoms with E-state index >= 15 is 0 Å². The van der Waals surface area contributed by atoms with Crippen molar-refractivity contribution in [2.24, 2.45) is 5.92 Å². The summed E-state index contributed by atoms with van der Waals surface area (Å²) in [6, 6.07) is 21.3. The predicted molar refractivity (Wildman–Crippen MR) is 210 cm³/mol. The number of benzene rings is 2. The molecule has 15 heteroatoms. The Morgan fingerprint density at radius 2 is 1.74 bits per heavy atom. The van der Waals surface area contributed by atoms with Gasteiger partial charge in [0.15, 0.2) is 11.4 Å². The number of hydrogen-bond donors (Lipinski definition) is 1. The number of piperidine rings is 2. The molecule has 5 aromatic heterocycles. The van der Waals surface area contributed by atoms with Gasteiger partial charge < -0.3 is 19.2 Å². The molecule has 2 amide bonds. The van der Waals surface area contributed by atoms with Crippen LogP contribution in [-0.4, -0.2) is 87.5 Å². The fraction of sp³-hybridized carbons (Fsp3) is 0.333. The second-order valence-corrected chi connectivity index (χ2v) is 15.1. The van der Waals surface area contributed by atoms with Crippen molar-refractivity contribution in [2.75, 3.05) is 31.5 Å². The summed E-state index contributed by atoms with van der Waals surface area (Å²) in [7, 11) is 0. The molecule has 2 fully saturated rings. The molecule has 2 aliphatic rings. The summed E-state index contributed by atoms with van der Waals surface area (Å²) in [6.07, 6.45) is 8.70. The average Bonchev–Trinajstić information content (AvgIpc) is 4.07. The van der Waals surface area contributed by atoms with Crippen molar-refractivity contribution in [2.45, 2.75) is 58.5 Å². The monoisotopic (exact) mass is 765 g/mol. The van der Waals surface area contributed by atoms with Gasteiger partial charge in [-0.25, -0.2) is 19.2 Å². The quantitative estimate of drug-likeness (QED) is 0.169. The fourth-order valence-electron chi connectivity index (χ4n) is 7.99. The van der Waals surface area contributed by atoms with Crippen LogP contribution >= 0.6 is 0 Å². The van der Waals surface area contributed by atoms with Crippen molar-refractivity contribution in [1.82, 2.24) is 49.5 Å². The lowest BCUT2D eigenvalue weighted by Gasteiger charge is -2.37. The summed E-state index contributed by atoms with van der Waals surface area (Å²) in [5.74, 6) is 1.49. The van der Waals surface area contributed by atoms with Crippen LogP contribution in [0.25, 0.3) is 28.4 Å². The van der Waals surface area contributed by atoms with E-state index in [1.807, 2.05) is 91.7 Å². The van der Waals surface area contributed by atoms with E-state index in [4.69, 9.17) is 13.9 Å². The normalized spacial score (nSPS) is 16.7. The van der Waals surface area contributed by atoms with Gasteiger partial charge in [-0.3, -0.25) is 14.5 Å². The molecule has 0 radical (unpaired) electrons. The van der Waals surface area contributed by atoms with Crippen LogP contribution in [-0.2, 0) is 17.9 Å². The lowest BCUT2D eigenvalue weighted by molar-refractivity contribution is -0.138. The SMILES string of the molecule is Cc1cc(C)n2ncc(C(=O)Nc3ccc(-c4cn(Cc5cc(C6CCN(C(=O)C7CCCN(Cc8coc(-c9ccccc9)n8)C7)CC6)no5)nn4)cc3)c2n1. The Morgan fingerprint density at radius 3 is 2.56 bits per heavy atom. The van der Waals surface area contributed by atoms with E-state index in [0.717, 1.165) is 72.7 Å². The Balaban J connectivity index is 0.749. The van der Waals surface area contributed by atoms with E-state index in [-0.39, 0.29) is 23.7 Å². The minimum Gasteiger partial charge on any atom is -0.444 e. The maximum absolute atomic E-state index is 13.7. The third kappa shape index (κ3) is 7.83. The summed E-state index contributed by atoms with van der Waals surface area (Å²) in [4.78, 5) is 40.3. The van der Waals surface area contributed by atoms with Crippen molar-refractivity contribution in [3.63, 3.8) is 0 Å². The van der Waals surface area contributed by atoms with E-state index in [1.165, 1.54) is 6.20 Å². The number of aromatic nitrogens is 8. The first kappa shape index (κ1) is 36.2. The minimum absolute atomic E-state index is 0.0124. The zero-order valence-corrected chi connectivity index (χ0v) is 31.9. The van der Waals surface area contributed by atoms with Crippen LogP contribution in [0, 0.1) is 19.8 Å². The van der Waals surface area contributed by atoms with E-state index < -0.39 is 0 Å². The van der Waals surface area contributed by atoms with Gasteiger partial charge in [-0.05, 0) is 76.4 Å². The second kappa shape index (κ2) is 15.6. The number of fused-ring (bicyclic) bond motifs is 1.